The van der Waals surface area contributed by atoms with Gasteiger partial charge >= 0.3 is 0 Å². The highest BCUT2D eigenvalue weighted by atomic mass is 16.3. The Kier molecular flexibility index (Phi) is 4.84. The van der Waals surface area contributed by atoms with Crippen LogP contribution in [0.15, 0.2) is 48.8 Å². The normalized spacial score (nSPS) is 27.8. The van der Waals surface area contributed by atoms with Crippen LogP contribution in [-0.2, 0) is 0 Å². The van der Waals surface area contributed by atoms with E-state index in [0.29, 0.717) is 12.0 Å². The SMILES string of the molecule is CN1CCCCN2[C@H](CO)[C@H](c3ccc(-c4cccnc4)cc3)[C@H]2C1. The Morgan fingerprint density at radius 3 is 2.60 bits per heavy atom. The van der Waals surface area contributed by atoms with E-state index in [4.69, 9.17) is 0 Å². The van der Waals surface area contributed by atoms with Gasteiger partial charge in [-0.25, -0.2) is 0 Å². The first kappa shape index (κ1) is 16.7. The van der Waals surface area contributed by atoms with E-state index >= 15 is 0 Å². The molecular formula is C21H27N3O. The predicted molar refractivity (Wildman–Crippen MR) is 101 cm³/mol. The van der Waals surface area contributed by atoms with E-state index in [0.717, 1.165) is 18.7 Å². The Hall–Kier alpha value is -1.75. The molecule has 4 heteroatoms. The molecule has 1 N–H and O–H groups in total. The van der Waals surface area contributed by atoms with Gasteiger partial charge in [-0.3, -0.25) is 9.88 Å². The average molecular weight is 337 g/mol. The summed E-state index contributed by atoms with van der Waals surface area (Å²) in [6.07, 6.45) is 6.19. The summed E-state index contributed by atoms with van der Waals surface area (Å²) >= 11 is 0. The van der Waals surface area contributed by atoms with Crippen LogP contribution in [0.5, 0.6) is 0 Å². The molecule has 1 aromatic carbocycles. The van der Waals surface area contributed by atoms with Gasteiger partial charge in [0.2, 0.25) is 0 Å². The van der Waals surface area contributed by atoms with Gasteiger partial charge in [0.05, 0.1) is 6.61 Å². The van der Waals surface area contributed by atoms with Crippen molar-refractivity contribution in [1.29, 1.82) is 0 Å². The number of fused-ring (bicyclic) bond motifs is 1. The first-order chi connectivity index (χ1) is 12.3. The second kappa shape index (κ2) is 7.24. The molecule has 0 radical (unpaired) electrons. The molecule has 4 rings (SSSR count). The lowest BCUT2D eigenvalue weighted by atomic mass is 9.74. The van der Waals surface area contributed by atoms with E-state index in [1.165, 1.54) is 30.5 Å². The van der Waals surface area contributed by atoms with Crippen molar-refractivity contribution in [3.8, 4) is 11.1 Å². The Bertz CT molecular complexity index is 688. The largest absolute Gasteiger partial charge is 0.395 e. The summed E-state index contributed by atoms with van der Waals surface area (Å²) in [5, 5.41) is 9.95. The zero-order valence-electron chi connectivity index (χ0n) is 14.9. The molecule has 0 amide bonds. The number of rotatable bonds is 3. The number of aliphatic hydroxyl groups excluding tert-OH is 1. The smallest absolute Gasteiger partial charge is 0.0593 e. The molecule has 0 unspecified atom stereocenters. The van der Waals surface area contributed by atoms with Gasteiger partial charge in [0.15, 0.2) is 0 Å². The van der Waals surface area contributed by atoms with E-state index in [2.05, 4.69) is 52.2 Å². The molecule has 2 aromatic rings. The molecule has 3 atom stereocenters. The fourth-order valence-electron chi connectivity index (χ4n) is 4.54. The van der Waals surface area contributed by atoms with Crippen molar-refractivity contribution >= 4 is 0 Å². The highest BCUT2D eigenvalue weighted by Crippen LogP contribution is 2.42. The molecule has 2 aliphatic rings. The van der Waals surface area contributed by atoms with Crippen molar-refractivity contribution in [1.82, 2.24) is 14.8 Å². The van der Waals surface area contributed by atoms with Crippen LogP contribution < -0.4 is 0 Å². The fourth-order valence-corrected chi connectivity index (χ4v) is 4.54. The maximum Gasteiger partial charge on any atom is 0.0593 e. The average Bonchev–Trinajstić information content (AvgIpc) is 2.64. The number of nitrogens with zero attached hydrogens (tertiary/aromatic N) is 3. The van der Waals surface area contributed by atoms with Gasteiger partial charge in [-0.1, -0.05) is 30.3 Å². The van der Waals surface area contributed by atoms with Gasteiger partial charge in [-0.15, -0.1) is 0 Å². The lowest BCUT2D eigenvalue weighted by molar-refractivity contribution is -0.0614. The molecule has 0 spiro atoms. The molecule has 1 aromatic heterocycles. The minimum absolute atomic E-state index is 0.245. The summed E-state index contributed by atoms with van der Waals surface area (Å²) in [5.41, 5.74) is 3.69. The van der Waals surface area contributed by atoms with Crippen molar-refractivity contribution < 1.29 is 5.11 Å². The number of aliphatic hydroxyl groups is 1. The van der Waals surface area contributed by atoms with Crippen molar-refractivity contribution in [2.75, 3.05) is 33.3 Å². The van der Waals surface area contributed by atoms with Crippen LogP contribution in [0.25, 0.3) is 11.1 Å². The summed E-state index contributed by atoms with van der Waals surface area (Å²) in [6, 6.07) is 13.7. The van der Waals surface area contributed by atoms with Crippen molar-refractivity contribution in [2.24, 2.45) is 0 Å². The highest BCUT2D eigenvalue weighted by molar-refractivity contribution is 5.62. The Labute approximate surface area is 150 Å². The van der Waals surface area contributed by atoms with Crippen LogP contribution in [0.1, 0.15) is 24.3 Å². The van der Waals surface area contributed by atoms with Gasteiger partial charge < -0.3 is 10.0 Å². The molecule has 132 valence electrons. The van der Waals surface area contributed by atoms with Gasteiger partial charge in [0.25, 0.3) is 0 Å². The minimum atomic E-state index is 0.245. The maximum absolute atomic E-state index is 9.95. The summed E-state index contributed by atoms with van der Waals surface area (Å²) in [7, 11) is 2.22. The zero-order valence-corrected chi connectivity index (χ0v) is 14.9. The number of aromatic nitrogens is 1. The second-order valence-corrected chi connectivity index (χ2v) is 7.41. The number of likely N-dealkylation sites (N-methyl/N-ethyl adjacent to an activating group) is 1. The first-order valence-corrected chi connectivity index (χ1v) is 9.33. The van der Waals surface area contributed by atoms with Crippen molar-refractivity contribution in [3.05, 3.63) is 54.4 Å². The molecule has 25 heavy (non-hydrogen) atoms. The third-order valence-electron chi connectivity index (χ3n) is 5.86. The molecule has 3 heterocycles. The minimum Gasteiger partial charge on any atom is -0.395 e. The van der Waals surface area contributed by atoms with Gasteiger partial charge in [0, 0.05) is 36.9 Å². The Morgan fingerprint density at radius 2 is 1.88 bits per heavy atom. The number of hydrogen-bond acceptors (Lipinski definition) is 4. The summed E-state index contributed by atoms with van der Waals surface area (Å²) in [5.74, 6) is 0.425. The van der Waals surface area contributed by atoms with Gasteiger partial charge in [0.1, 0.15) is 0 Å². The molecule has 4 nitrogen and oxygen atoms in total. The lowest BCUT2D eigenvalue weighted by Crippen LogP contribution is -2.67. The molecule has 0 aliphatic carbocycles. The molecular weight excluding hydrogens is 310 g/mol. The van der Waals surface area contributed by atoms with E-state index in [-0.39, 0.29) is 12.6 Å². The molecule has 2 saturated heterocycles. The highest BCUT2D eigenvalue weighted by Gasteiger charge is 2.48. The molecule has 2 fully saturated rings. The molecule has 2 aliphatic heterocycles. The van der Waals surface area contributed by atoms with Gasteiger partial charge in [-0.05, 0) is 55.7 Å². The van der Waals surface area contributed by atoms with Crippen LogP contribution in [-0.4, -0.2) is 65.3 Å². The Morgan fingerprint density at radius 1 is 1.08 bits per heavy atom. The van der Waals surface area contributed by atoms with Crippen LogP contribution in [0, 0.1) is 0 Å². The topological polar surface area (TPSA) is 39.6 Å². The summed E-state index contributed by atoms with van der Waals surface area (Å²) < 4.78 is 0. The van der Waals surface area contributed by atoms with E-state index < -0.39 is 0 Å². The van der Waals surface area contributed by atoms with Crippen LogP contribution in [0.3, 0.4) is 0 Å². The van der Waals surface area contributed by atoms with Gasteiger partial charge in [-0.2, -0.15) is 0 Å². The van der Waals surface area contributed by atoms with E-state index in [1.807, 2.05) is 12.3 Å². The predicted octanol–water partition coefficient (Wildman–Crippen LogP) is 2.60. The second-order valence-electron chi connectivity index (χ2n) is 7.41. The van der Waals surface area contributed by atoms with E-state index in [9.17, 15) is 5.11 Å². The maximum atomic E-state index is 9.95. The van der Waals surface area contributed by atoms with Crippen LogP contribution in [0.2, 0.25) is 0 Å². The number of benzene rings is 1. The van der Waals surface area contributed by atoms with Crippen molar-refractivity contribution in [2.45, 2.75) is 30.8 Å². The zero-order chi connectivity index (χ0) is 17.2. The first-order valence-electron chi connectivity index (χ1n) is 9.33. The summed E-state index contributed by atoms with van der Waals surface area (Å²) in [4.78, 5) is 9.18. The summed E-state index contributed by atoms with van der Waals surface area (Å²) in [6.45, 7) is 3.63. The van der Waals surface area contributed by atoms with Crippen LogP contribution in [0.4, 0.5) is 0 Å². The fraction of sp³-hybridized carbons (Fsp3) is 0.476. The quantitative estimate of drug-likeness (QED) is 0.934. The van der Waals surface area contributed by atoms with Crippen LogP contribution >= 0.6 is 0 Å². The number of pyridine rings is 1. The monoisotopic (exact) mass is 337 g/mol. The number of hydrogen-bond donors (Lipinski definition) is 1. The van der Waals surface area contributed by atoms with E-state index in [1.54, 1.807) is 6.20 Å². The standard InChI is InChI=1S/C21H27N3O/c1-23-11-2-3-12-24-19(14-23)21(20(24)15-25)17-8-6-16(7-9-17)18-5-4-10-22-13-18/h4-10,13,19-21,25H,2-3,11-12,14-15H2,1H3/t19-,20-,21-/m1/s1. The molecule has 0 saturated carbocycles. The van der Waals surface area contributed by atoms with Crippen molar-refractivity contribution in [3.63, 3.8) is 0 Å². The third-order valence-corrected chi connectivity index (χ3v) is 5.86. The third kappa shape index (κ3) is 3.22. The Balaban J connectivity index is 1.57. The molecule has 0 bridgehead atoms. The lowest BCUT2D eigenvalue weighted by Gasteiger charge is -2.57.